The number of likely N-dealkylation sites (N-methyl/N-ethyl adjacent to an activating group) is 1. The van der Waals surface area contributed by atoms with Crippen LogP contribution in [-0.2, 0) is 9.53 Å². The molecule has 0 aliphatic rings. The van der Waals surface area contributed by atoms with Crippen molar-refractivity contribution in [2.75, 3.05) is 33.9 Å². The average Bonchev–Trinajstić information content (AvgIpc) is 2.38. The van der Waals surface area contributed by atoms with Crippen LogP contribution in [0.2, 0.25) is 0 Å². The average molecular weight is 267 g/mol. The number of hydrogen-bond donors (Lipinski definition) is 1. The summed E-state index contributed by atoms with van der Waals surface area (Å²) in [6.07, 6.45) is -0.672. The molecule has 106 valence electrons. The predicted molar refractivity (Wildman–Crippen MR) is 72.1 cm³/mol. The highest BCUT2D eigenvalue weighted by molar-refractivity contribution is 5.71. The first-order valence-electron chi connectivity index (χ1n) is 6.23. The molecule has 5 heteroatoms. The number of nitrogens with zero attached hydrogens (tertiary/aromatic N) is 1. The van der Waals surface area contributed by atoms with Gasteiger partial charge in [-0.2, -0.15) is 0 Å². The molecule has 0 bridgehead atoms. The van der Waals surface area contributed by atoms with Crippen LogP contribution in [0, 0.1) is 0 Å². The molecule has 1 aromatic carbocycles. The van der Waals surface area contributed by atoms with E-state index in [-0.39, 0.29) is 12.5 Å². The van der Waals surface area contributed by atoms with Gasteiger partial charge in [-0.15, -0.1) is 0 Å². The first kappa shape index (κ1) is 15.5. The van der Waals surface area contributed by atoms with Gasteiger partial charge in [0.1, 0.15) is 5.75 Å². The Labute approximate surface area is 113 Å². The highest BCUT2D eigenvalue weighted by Crippen LogP contribution is 2.19. The number of rotatable bonds is 7. The van der Waals surface area contributed by atoms with Gasteiger partial charge in [-0.1, -0.05) is 12.1 Å². The number of hydrogen-bond acceptors (Lipinski definition) is 5. The molecule has 0 radical (unpaired) electrons. The number of methoxy groups -OCH3 is 1. The molecule has 0 saturated carbocycles. The first-order chi connectivity index (χ1) is 9.06. The summed E-state index contributed by atoms with van der Waals surface area (Å²) in [6.45, 7) is 2.65. The predicted octanol–water partition coefficient (Wildman–Crippen LogP) is 1.22. The van der Waals surface area contributed by atoms with Crippen LogP contribution in [-0.4, -0.2) is 49.8 Å². The van der Waals surface area contributed by atoms with E-state index in [2.05, 4.69) is 0 Å². The van der Waals surface area contributed by atoms with Crippen LogP contribution in [0.4, 0.5) is 0 Å². The van der Waals surface area contributed by atoms with Gasteiger partial charge in [0.05, 0.1) is 26.4 Å². The number of esters is 1. The summed E-state index contributed by atoms with van der Waals surface area (Å²) in [4.78, 5) is 13.0. The highest BCUT2D eigenvalue weighted by Gasteiger charge is 2.14. The molecule has 0 saturated heterocycles. The van der Waals surface area contributed by atoms with E-state index in [4.69, 9.17) is 9.47 Å². The van der Waals surface area contributed by atoms with Crippen molar-refractivity contribution in [3.63, 3.8) is 0 Å². The smallest absolute Gasteiger partial charge is 0.320 e. The van der Waals surface area contributed by atoms with Gasteiger partial charge in [-0.05, 0) is 31.7 Å². The van der Waals surface area contributed by atoms with Crippen LogP contribution in [0.3, 0.4) is 0 Å². The van der Waals surface area contributed by atoms with Crippen molar-refractivity contribution < 1.29 is 19.4 Å². The van der Waals surface area contributed by atoms with E-state index >= 15 is 0 Å². The lowest BCUT2D eigenvalue weighted by molar-refractivity contribution is -0.144. The Kier molecular flexibility index (Phi) is 6.32. The third kappa shape index (κ3) is 5.28. The maximum Gasteiger partial charge on any atom is 0.320 e. The molecule has 5 nitrogen and oxygen atoms in total. The molecule has 0 spiro atoms. The Morgan fingerprint density at radius 2 is 2.21 bits per heavy atom. The van der Waals surface area contributed by atoms with Crippen LogP contribution < -0.4 is 4.74 Å². The van der Waals surface area contributed by atoms with E-state index in [0.717, 1.165) is 5.56 Å². The molecule has 0 heterocycles. The lowest BCUT2D eigenvalue weighted by Crippen LogP contribution is -2.31. The second kappa shape index (κ2) is 7.76. The van der Waals surface area contributed by atoms with Gasteiger partial charge in [0.25, 0.3) is 0 Å². The Hall–Kier alpha value is -1.59. The second-order valence-corrected chi connectivity index (χ2v) is 4.29. The fraction of sp³-hybridized carbons (Fsp3) is 0.500. The molecule has 1 rings (SSSR count). The fourth-order valence-corrected chi connectivity index (χ4v) is 1.74. The third-order valence-corrected chi connectivity index (χ3v) is 2.67. The molecule has 0 aliphatic carbocycles. The molecule has 19 heavy (non-hydrogen) atoms. The van der Waals surface area contributed by atoms with E-state index in [9.17, 15) is 9.90 Å². The van der Waals surface area contributed by atoms with E-state index < -0.39 is 6.10 Å². The molecule has 0 fully saturated rings. The van der Waals surface area contributed by atoms with Gasteiger partial charge >= 0.3 is 5.97 Å². The second-order valence-electron chi connectivity index (χ2n) is 4.29. The molecule has 1 aromatic rings. The van der Waals surface area contributed by atoms with Gasteiger partial charge in [0.2, 0.25) is 0 Å². The first-order valence-corrected chi connectivity index (χ1v) is 6.23. The summed E-state index contributed by atoms with van der Waals surface area (Å²) in [6, 6.07) is 7.25. The van der Waals surface area contributed by atoms with E-state index in [1.54, 1.807) is 32.0 Å². The normalized spacial score (nSPS) is 12.3. The van der Waals surface area contributed by atoms with Crippen LogP contribution in [0.15, 0.2) is 24.3 Å². The molecule has 0 aromatic heterocycles. The molecule has 0 amide bonds. The lowest BCUT2D eigenvalue weighted by atomic mass is 10.1. The maximum atomic E-state index is 11.3. The number of aliphatic hydroxyl groups excluding tert-OH is 1. The topological polar surface area (TPSA) is 59.0 Å². The zero-order chi connectivity index (χ0) is 14.3. The van der Waals surface area contributed by atoms with Crippen LogP contribution in [0.25, 0.3) is 0 Å². The Bertz CT molecular complexity index is 408. The largest absolute Gasteiger partial charge is 0.497 e. The fourth-order valence-electron chi connectivity index (χ4n) is 1.74. The zero-order valence-electron chi connectivity index (χ0n) is 11.6. The summed E-state index contributed by atoms with van der Waals surface area (Å²) in [5.74, 6) is 0.410. The number of ether oxygens (including phenoxy) is 2. The van der Waals surface area contributed by atoms with Crippen molar-refractivity contribution in [2.24, 2.45) is 0 Å². The number of carbonyl (C=O) groups is 1. The summed E-state index contributed by atoms with van der Waals surface area (Å²) < 4.78 is 9.96. The maximum absolute atomic E-state index is 11.3. The standard InChI is InChI=1S/C14H21NO4/c1-4-19-14(17)10-15(2)9-13(16)11-6-5-7-12(8-11)18-3/h5-8,13,16H,4,9-10H2,1-3H3. The minimum atomic E-state index is -0.672. The highest BCUT2D eigenvalue weighted by atomic mass is 16.5. The van der Waals surface area contributed by atoms with E-state index in [1.165, 1.54) is 0 Å². The Balaban J connectivity index is 2.53. The summed E-state index contributed by atoms with van der Waals surface area (Å²) in [5.41, 5.74) is 0.759. The van der Waals surface area contributed by atoms with Crippen LogP contribution in [0.1, 0.15) is 18.6 Å². The van der Waals surface area contributed by atoms with Gasteiger partial charge in [0, 0.05) is 6.54 Å². The van der Waals surface area contributed by atoms with Crippen molar-refractivity contribution >= 4 is 5.97 Å². The van der Waals surface area contributed by atoms with Crippen molar-refractivity contribution in [3.8, 4) is 5.75 Å². The van der Waals surface area contributed by atoms with Crippen molar-refractivity contribution in [1.82, 2.24) is 4.90 Å². The molecular formula is C14H21NO4. The Morgan fingerprint density at radius 3 is 2.84 bits per heavy atom. The van der Waals surface area contributed by atoms with Gasteiger partial charge < -0.3 is 14.6 Å². The minimum absolute atomic E-state index is 0.162. The number of benzene rings is 1. The molecular weight excluding hydrogens is 246 g/mol. The molecule has 0 aliphatic heterocycles. The SMILES string of the molecule is CCOC(=O)CN(C)CC(O)c1cccc(OC)c1. The molecule has 1 N–H and O–H groups in total. The van der Waals surface area contributed by atoms with Crippen molar-refractivity contribution in [1.29, 1.82) is 0 Å². The van der Waals surface area contributed by atoms with Crippen molar-refractivity contribution in [2.45, 2.75) is 13.0 Å². The minimum Gasteiger partial charge on any atom is -0.497 e. The number of aliphatic hydroxyl groups is 1. The monoisotopic (exact) mass is 267 g/mol. The summed E-state index contributed by atoms with van der Waals surface area (Å²) in [7, 11) is 3.35. The molecule has 1 atom stereocenters. The summed E-state index contributed by atoms with van der Waals surface area (Å²) >= 11 is 0. The quantitative estimate of drug-likeness (QED) is 0.753. The van der Waals surface area contributed by atoms with Gasteiger partial charge in [0.15, 0.2) is 0 Å². The number of carbonyl (C=O) groups excluding carboxylic acids is 1. The zero-order valence-corrected chi connectivity index (χ0v) is 11.6. The van der Waals surface area contributed by atoms with Crippen LogP contribution >= 0.6 is 0 Å². The van der Waals surface area contributed by atoms with Gasteiger partial charge in [-0.3, -0.25) is 9.69 Å². The van der Waals surface area contributed by atoms with E-state index in [1.807, 2.05) is 18.2 Å². The van der Waals surface area contributed by atoms with Gasteiger partial charge in [-0.25, -0.2) is 0 Å². The van der Waals surface area contributed by atoms with E-state index in [0.29, 0.717) is 18.9 Å². The third-order valence-electron chi connectivity index (χ3n) is 2.67. The van der Waals surface area contributed by atoms with Crippen molar-refractivity contribution in [3.05, 3.63) is 29.8 Å². The Morgan fingerprint density at radius 1 is 1.47 bits per heavy atom. The summed E-state index contributed by atoms with van der Waals surface area (Å²) in [5, 5.41) is 10.1. The molecule has 1 unspecified atom stereocenters. The lowest BCUT2D eigenvalue weighted by Gasteiger charge is -2.20. The van der Waals surface area contributed by atoms with Crippen LogP contribution in [0.5, 0.6) is 5.75 Å².